The first-order valence-electron chi connectivity index (χ1n) is 8.82. The Hall–Kier alpha value is -2.35. The second-order valence-corrected chi connectivity index (χ2v) is 6.43. The van der Waals surface area contributed by atoms with E-state index in [-0.39, 0.29) is 19.0 Å². The molecular formula is C20H24FNO5. The van der Waals surface area contributed by atoms with E-state index in [1.807, 2.05) is 12.1 Å². The number of hydrogen-bond acceptors (Lipinski definition) is 6. The quantitative estimate of drug-likeness (QED) is 0.731. The van der Waals surface area contributed by atoms with E-state index in [1.165, 1.54) is 12.1 Å². The maximum Gasteiger partial charge on any atom is 0.161 e. The smallest absolute Gasteiger partial charge is 0.161 e. The molecule has 0 aliphatic carbocycles. The average Bonchev–Trinajstić information content (AvgIpc) is 2.99. The van der Waals surface area contributed by atoms with Crippen LogP contribution in [0.4, 0.5) is 4.39 Å². The van der Waals surface area contributed by atoms with Crippen LogP contribution in [0.1, 0.15) is 5.56 Å². The fraction of sp³-hybridized carbons (Fsp3) is 0.400. The highest BCUT2D eigenvalue weighted by molar-refractivity contribution is 5.43. The average molecular weight is 377 g/mol. The van der Waals surface area contributed by atoms with Crippen LogP contribution in [0.25, 0.3) is 0 Å². The number of nitrogens with zero attached hydrogens (tertiary/aromatic N) is 1. The SMILES string of the molecule is COc1cc(CN2C[C@H](Oc3cccc(F)c3)[C@@H](O)C2)ccc1OCCO. The summed E-state index contributed by atoms with van der Waals surface area (Å²) < 4.78 is 29.8. The Kier molecular flexibility index (Phi) is 6.49. The molecule has 1 fully saturated rings. The number of hydrogen-bond donors (Lipinski definition) is 2. The molecule has 27 heavy (non-hydrogen) atoms. The van der Waals surface area contributed by atoms with Crippen LogP contribution in [0.3, 0.4) is 0 Å². The molecule has 0 saturated carbocycles. The highest BCUT2D eigenvalue weighted by Crippen LogP contribution is 2.29. The topological polar surface area (TPSA) is 71.4 Å². The third-order valence-corrected chi connectivity index (χ3v) is 4.38. The van der Waals surface area contributed by atoms with Gasteiger partial charge in [0, 0.05) is 25.7 Å². The number of likely N-dealkylation sites (tertiary alicyclic amines) is 1. The van der Waals surface area contributed by atoms with Gasteiger partial charge in [0.1, 0.15) is 30.4 Å². The summed E-state index contributed by atoms with van der Waals surface area (Å²) in [6, 6.07) is 11.5. The molecule has 1 aliphatic rings. The van der Waals surface area contributed by atoms with Gasteiger partial charge in [-0.05, 0) is 29.8 Å². The summed E-state index contributed by atoms with van der Waals surface area (Å²) in [7, 11) is 1.56. The van der Waals surface area contributed by atoms with Crippen LogP contribution in [-0.4, -0.2) is 60.7 Å². The second-order valence-electron chi connectivity index (χ2n) is 6.43. The van der Waals surface area contributed by atoms with Crippen molar-refractivity contribution in [1.29, 1.82) is 0 Å². The largest absolute Gasteiger partial charge is 0.493 e. The molecule has 0 radical (unpaired) electrons. The molecule has 0 spiro atoms. The predicted molar refractivity (Wildman–Crippen MR) is 97.7 cm³/mol. The fourth-order valence-electron chi connectivity index (χ4n) is 3.14. The highest BCUT2D eigenvalue weighted by atomic mass is 19.1. The third-order valence-electron chi connectivity index (χ3n) is 4.38. The Bertz CT molecular complexity index is 757. The van der Waals surface area contributed by atoms with Crippen molar-refractivity contribution in [3.8, 4) is 17.2 Å². The second kappa shape index (κ2) is 9.03. The summed E-state index contributed by atoms with van der Waals surface area (Å²) >= 11 is 0. The van der Waals surface area contributed by atoms with Gasteiger partial charge in [-0.25, -0.2) is 4.39 Å². The van der Waals surface area contributed by atoms with Crippen LogP contribution >= 0.6 is 0 Å². The number of β-amino-alcohol motifs (C(OH)–C–C–N with tert-alkyl or cyclic N) is 1. The van der Waals surface area contributed by atoms with Crippen molar-refractivity contribution in [1.82, 2.24) is 4.90 Å². The van der Waals surface area contributed by atoms with Gasteiger partial charge < -0.3 is 24.4 Å². The van der Waals surface area contributed by atoms with Crippen molar-refractivity contribution in [2.75, 3.05) is 33.4 Å². The predicted octanol–water partition coefficient (Wildman–Crippen LogP) is 1.83. The Morgan fingerprint density at radius 1 is 1.15 bits per heavy atom. The standard InChI is InChI=1S/C20H24FNO5/c1-25-19-9-14(5-6-18(19)26-8-7-23)11-22-12-17(24)20(13-22)27-16-4-2-3-15(21)10-16/h2-6,9-10,17,20,23-24H,7-8,11-13H2,1H3/t17-,20-/m0/s1. The minimum absolute atomic E-state index is 0.0662. The number of methoxy groups -OCH3 is 1. The monoisotopic (exact) mass is 377 g/mol. The summed E-state index contributed by atoms with van der Waals surface area (Å²) in [6.07, 6.45) is -1.07. The molecule has 6 nitrogen and oxygen atoms in total. The Labute approximate surface area is 157 Å². The summed E-state index contributed by atoms with van der Waals surface area (Å²) in [5.74, 6) is 1.21. The van der Waals surface area contributed by atoms with Crippen molar-refractivity contribution < 1.29 is 28.8 Å². The number of ether oxygens (including phenoxy) is 3. The molecule has 2 N–H and O–H groups in total. The molecule has 146 valence electrons. The van der Waals surface area contributed by atoms with Gasteiger partial charge in [0.05, 0.1) is 13.7 Å². The zero-order valence-electron chi connectivity index (χ0n) is 15.2. The maximum absolute atomic E-state index is 13.3. The number of aliphatic hydroxyl groups excluding tert-OH is 2. The molecule has 2 aromatic carbocycles. The zero-order valence-corrected chi connectivity index (χ0v) is 15.2. The van der Waals surface area contributed by atoms with Gasteiger partial charge in [0.25, 0.3) is 0 Å². The van der Waals surface area contributed by atoms with Gasteiger partial charge in [-0.1, -0.05) is 12.1 Å². The zero-order chi connectivity index (χ0) is 19.2. The van der Waals surface area contributed by atoms with Gasteiger partial charge >= 0.3 is 0 Å². The van der Waals surface area contributed by atoms with Crippen LogP contribution in [0.2, 0.25) is 0 Å². The molecule has 2 aromatic rings. The van der Waals surface area contributed by atoms with E-state index in [0.717, 1.165) is 5.56 Å². The summed E-state index contributed by atoms with van der Waals surface area (Å²) in [6.45, 7) is 1.74. The Morgan fingerprint density at radius 3 is 2.74 bits per heavy atom. The van der Waals surface area contributed by atoms with E-state index in [4.69, 9.17) is 19.3 Å². The molecule has 2 atom stereocenters. The fourth-order valence-corrected chi connectivity index (χ4v) is 3.14. The molecule has 3 rings (SSSR count). The molecule has 1 heterocycles. The molecule has 1 saturated heterocycles. The van der Waals surface area contributed by atoms with Gasteiger partial charge in [-0.3, -0.25) is 4.90 Å². The van der Waals surface area contributed by atoms with Crippen LogP contribution in [-0.2, 0) is 6.54 Å². The first kappa shape index (κ1) is 19.4. The Morgan fingerprint density at radius 2 is 2.00 bits per heavy atom. The van der Waals surface area contributed by atoms with Crippen LogP contribution in [0.5, 0.6) is 17.2 Å². The molecule has 0 bridgehead atoms. The molecule has 1 aliphatic heterocycles. The minimum Gasteiger partial charge on any atom is -0.493 e. The van der Waals surface area contributed by atoms with Gasteiger partial charge in [0.2, 0.25) is 0 Å². The number of halogens is 1. The molecule has 0 aromatic heterocycles. The summed E-state index contributed by atoms with van der Waals surface area (Å²) in [4.78, 5) is 2.07. The first-order chi connectivity index (χ1) is 13.1. The minimum atomic E-state index is -0.651. The lowest BCUT2D eigenvalue weighted by atomic mass is 10.2. The van der Waals surface area contributed by atoms with Crippen molar-refractivity contribution in [2.45, 2.75) is 18.8 Å². The first-order valence-corrected chi connectivity index (χ1v) is 8.82. The van der Waals surface area contributed by atoms with Crippen LogP contribution in [0.15, 0.2) is 42.5 Å². The van der Waals surface area contributed by atoms with Crippen molar-refractivity contribution in [2.24, 2.45) is 0 Å². The lowest BCUT2D eigenvalue weighted by molar-refractivity contribution is 0.0734. The number of rotatable bonds is 8. The van der Waals surface area contributed by atoms with E-state index in [1.54, 1.807) is 25.3 Å². The lowest BCUT2D eigenvalue weighted by Gasteiger charge is -2.18. The summed E-state index contributed by atoms with van der Waals surface area (Å²) in [5.41, 5.74) is 1.00. The van der Waals surface area contributed by atoms with E-state index < -0.39 is 12.2 Å². The molecule has 0 amide bonds. The number of aliphatic hydroxyl groups is 2. The van der Waals surface area contributed by atoms with Crippen molar-refractivity contribution in [3.63, 3.8) is 0 Å². The van der Waals surface area contributed by atoms with Crippen molar-refractivity contribution in [3.05, 3.63) is 53.8 Å². The molecular weight excluding hydrogens is 353 g/mol. The van der Waals surface area contributed by atoms with Crippen LogP contribution in [0, 0.1) is 5.82 Å². The molecule has 0 unspecified atom stereocenters. The normalized spacial score (nSPS) is 19.9. The van der Waals surface area contributed by atoms with Gasteiger partial charge in [-0.15, -0.1) is 0 Å². The summed E-state index contributed by atoms with van der Waals surface area (Å²) in [5, 5.41) is 19.2. The van der Waals surface area contributed by atoms with E-state index in [9.17, 15) is 9.50 Å². The van der Waals surface area contributed by atoms with E-state index in [0.29, 0.717) is 36.9 Å². The van der Waals surface area contributed by atoms with E-state index >= 15 is 0 Å². The molecule has 7 heteroatoms. The van der Waals surface area contributed by atoms with Crippen molar-refractivity contribution >= 4 is 0 Å². The van der Waals surface area contributed by atoms with E-state index in [2.05, 4.69) is 4.90 Å². The van der Waals surface area contributed by atoms with Gasteiger partial charge in [0.15, 0.2) is 11.5 Å². The van der Waals surface area contributed by atoms with Gasteiger partial charge in [-0.2, -0.15) is 0 Å². The van der Waals surface area contributed by atoms with Crippen LogP contribution < -0.4 is 14.2 Å². The number of benzene rings is 2. The third kappa shape index (κ3) is 5.09. The maximum atomic E-state index is 13.3. The highest BCUT2D eigenvalue weighted by Gasteiger charge is 2.33. The lowest BCUT2D eigenvalue weighted by Crippen LogP contribution is -2.29. The Balaban J connectivity index is 1.61.